The first-order valence-corrected chi connectivity index (χ1v) is 5.51. The number of hydrogen-bond acceptors (Lipinski definition) is 4. The molecule has 0 N–H and O–H groups in total. The van der Waals surface area contributed by atoms with Crippen molar-refractivity contribution in [3.63, 3.8) is 0 Å². The average molecular weight is 242 g/mol. The second-order valence-electron chi connectivity index (χ2n) is 3.49. The van der Waals surface area contributed by atoms with Crippen LogP contribution in [-0.2, 0) is 11.3 Å². The van der Waals surface area contributed by atoms with Gasteiger partial charge in [0.1, 0.15) is 23.5 Å². The van der Waals surface area contributed by atoms with E-state index in [-0.39, 0.29) is 5.57 Å². The Morgan fingerprint density at radius 2 is 2.06 bits per heavy atom. The molecule has 0 unspecified atom stereocenters. The molecule has 0 saturated heterocycles. The van der Waals surface area contributed by atoms with Gasteiger partial charge in [-0.15, -0.1) is 0 Å². The molecule has 92 valence electrons. The number of hydrogen-bond donors (Lipinski definition) is 0. The Hall–Kier alpha value is -2.30. The first-order chi connectivity index (χ1) is 8.74. The molecular weight excluding hydrogens is 228 g/mol. The minimum atomic E-state index is 0.0718. The van der Waals surface area contributed by atoms with E-state index in [4.69, 9.17) is 20.0 Å². The summed E-state index contributed by atoms with van der Waals surface area (Å²) >= 11 is 0. The maximum atomic E-state index is 8.71. The van der Waals surface area contributed by atoms with Crippen LogP contribution in [0.3, 0.4) is 0 Å². The molecular formula is C14H14N2O2. The van der Waals surface area contributed by atoms with Crippen LogP contribution in [0, 0.1) is 22.7 Å². The number of methoxy groups -OCH3 is 1. The molecule has 4 nitrogen and oxygen atoms in total. The molecule has 0 aliphatic carbocycles. The molecule has 1 rings (SSSR count). The Balaban J connectivity index is 3.07. The number of rotatable bonds is 5. The topological polar surface area (TPSA) is 66.0 Å². The molecule has 0 atom stereocenters. The van der Waals surface area contributed by atoms with Crippen LogP contribution in [0.2, 0.25) is 0 Å². The second kappa shape index (κ2) is 7.11. The van der Waals surface area contributed by atoms with E-state index in [2.05, 4.69) is 0 Å². The first-order valence-electron chi connectivity index (χ1n) is 5.51. The smallest absolute Gasteiger partial charge is 0.130 e. The summed E-state index contributed by atoms with van der Waals surface area (Å²) in [6.07, 6.45) is 1.54. The lowest BCUT2D eigenvalue weighted by atomic mass is 10.1. The van der Waals surface area contributed by atoms with Crippen molar-refractivity contribution >= 4 is 6.08 Å². The van der Waals surface area contributed by atoms with Gasteiger partial charge in [0.05, 0.1) is 13.7 Å². The van der Waals surface area contributed by atoms with Gasteiger partial charge >= 0.3 is 0 Å². The van der Waals surface area contributed by atoms with Crippen LogP contribution in [0.5, 0.6) is 5.75 Å². The molecule has 0 radical (unpaired) electrons. The van der Waals surface area contributed by atoms with E-state index in [0.717, 1.165) is 16.9 Å². The summed E-state index contributed by atoms with van der Waals surface area (Å²) in [7, 11) is 1.59. The van der Waals surface area contributed by atoms with Gasteiger partial charge in [0, 0.05) is 12.2 Å². The van der Waals surface area contributed by atoms with Gasteiger partial charge in [-0.1, -0.05) is 6.07 Å². The summed E-state index contributed by atoms with van der Waals surface area (Å²) in [4.78, 5) is 0. The van der Waals surface area contributed by atoms with E-state index < -0.39 is 0 Å². The predicted molar refractivity (Wildman–Crippen MR) is 67.5 cm³/mol. The second-order valence-corrected chi connectivity index (χ2v) is 3.49. The molecule has 0 spiro atoms. The van der Waals surface area contributed by atoms with Gasteiger partial charge in [-0.3, -0.25) is 0 Å². The van der Waals surface area contributed by atoms with Crippen molar-refractivity contribution in [1.82, 2.24) is 0 Å². The van der Waals surface area contributed by atoms with Gasteiger partial charge in [0.2, 0.25) is 0 Å². The van der Waals surface area contributed by atoms with Gasteiger partial charge in [0.25, 0.3) is 0 Å². The summed E-state index contributed by atoms with van der Waals surface area (Å²) in [5, 5.41) is 17.4. The number of benzene rings is 1. The summed E-state index contributed by atoms with van der Waals surface area (Å²) in [5.74, 6) is 0.732. The lowest BCUT2D eigenvalue weighted by molar-refractivity contribution is 0.132. The van der Waals surface area contributed by atoms with Crippen LogP contribution in [0.4, 0.5) is 0 Å². The van der Waals surface area contributed by atoms with Gasteiger partial charge in [-0.25, -0.2) is 0 Å². The fraction of sp³-hybridized carbons (Fsp3) is 0.286. The van der Waals surface area contributed by atoms with Gasteiger partial charge in [0.15, 0.2) is 0 Å². The van der Waals surface area contributed by atoms with E-state index in [9.17, 15) is 0 Å². The van der Waals surface area contributed by atoms with Gasteiger partial charge in [-0.05, 0) is 30.7 Å². The third-order valence-corrected chi connectivity index (χ3v) is 2.32. The molecule has 1 aromatic rings. The van der Waals surface area contributed by atoms with E-state index in [1.807, 2.05) is 25.1 Å². The van der Waals surface area contributed by atoms with Gasteiger partial charge < -0.3 is 9.47 Å². The van der Waals surface area contributed by atoms with E-state index in [1.54, 1.807) is 19.2 Å². The minimum Gasteiger partial charge on any atom is -0.496 e. The van der Waals surface area contributed by atoms with Crippen molar-refractivity contribution in [2.75, 3.05) is 13.7 Å². The molecule has 0 aliphatic rings. The third-order valence-electron chi connectivity index (χ3n) is 2.32. The lowest BCUT2D eigenvalue weighted by Gasteiger charge is -2.09. The number of nitriles is 2. The summed E-state index contributed by atoms with van der Waals surface area (Å²) in [5.41, 5.74) is 1.74. The Kier molecular flexibility index (Phi) is 5.44. The molecule has 4 heteroatoms. The normalized spacial score (nSPS) is 9.11. The van der Waals surface area contributed by atoms with Crippen molar-refractivity contribution < 1.29 is 9.47 Å². The van der Waals surface area contributed by atoms with Crippen LogP contribution in [0.15, 0.2) is 23.8 Å². The zero-order valence-corrected chi connectivity index (χ0v) is 10.4. The van der Waals surface area contributed by atoms with Crippen molar-refractivity contribution in [1.29, 1.82) is 10.5 Å². The minimum absolute atomic E-state index is 0.0718. The van der Waals surface area contributed by atoms with Crippen molar-refractivity contribution in [3.8, 4) is 17.9 Å². The van der Waals surface area contributed by atoms with Crippen molar-refractivity contribution in [2.24, 2.45) is 0 Å². The molecule has 0 aliphatic heterocycles. The largest absolute Gasteiger partial charge is 0.496 e. The molecule has 0 amide bonds. The van der Waals surface area contributed by atoms with Crippen LogP contribution >= 0.6 is 0 Å². The molecule has 0 heterocycles. The molecule has 0 fully saturated rings. The summed E-state index contributed by atoms with van der Waals surface area (Å²) in [6, 6.07) is 9.10. The van der Waals surface area contributed by atoms with Crippen LogP contribution < -0.4 is 4.74 Å². The highest BCUT2D eigenvalue weighted by atomic mass is 16.5. The van der Waals surface area contributed by atoms with Crippen LogP contribution in [0.1, 0.15) is 18.1 Å². The highest BCUT2D eigenvalue weighted by Crippen LogP contribution is 2.22. The fourth-order valence-corrected chi connectivity index (χ4v) is 1.47. The Morgan fingerprint density at radius 3 is 2.61 bits per heavy atom. The highest BCUT2D eigenvalue weighted by molar-refractivity contribution is 5.63. The fourth-order valence-electron chi connectivity index (χ4n) is 1.47. The predicted octanol–water partition coefficient (Wildman–Crippen LogP) is 2.66. The number of ether oxygens (including phenoxy) is 2. The van der Waals surface area contributed by atoms with E-state index in [1.165, 1.54) is 6.08 Å². The third kappa shape index (κ3) is 3.62. The van der Waals surface area contributed by atoms with Crippen LogP contribution in [0.25, 0.3) is 6.08 Å². The summed E-state index contributed by atoms with van der Waals surface area (Å²) < 4.78 is 10.6. The van der Waals surface area contributed by atoms with Crippen molar-refractivity contribution in [2.45, 2.75) is 13.5 Å². The Labute approximate surface area is 107 Å². The summed E-state index contributed by atoms with van der Waals surface area (Å²) in [6.45, 7) is 2.97. The lowest BCUT2D eigenvalue weighted by Crippen LogP contribution is -1.96. The van der Waals surface area contributed by atoms with Gasteiger partial charge in [-0.2, -0.15) is 10.5 Å². The standard InChI is InChI=1S/C14H14N2O2/c1-3-18-10-13-7-11(4-5-14(13)17-2)6-12(8-15)9-16/h4-7H,3,10H2,1-2H3. The maximum absolute atomic E-state index is 8.71. The molecule has 0 saturated carbocycles. The average Bonchev–Trinajstić information content (AvgIpc) is 2.42. The zero-order chi connectivity index (χ0) is 13.4. The maximum Gasteiger partial charge on any atom is 0.130 e. The first kappa shape index (κ1) is 13.8. The van der Waals surface area contributed by atoms with Crippen LogP contribution in [-0.4, -0.2) is 13.7 Å². The molecule has 0 aromatic heterocycles. The molecule has 0 bridgehead atoms. The Morgan fingerprint density at radius 1 is 1.33 bits per heavy atom. The van der Waals surface area contributed by atoms with Crippen molar-refractivity contribution in [3.05, 3.63) is 34.9 Å². The van der Waals surface area contributed by atoms with E-state index >= 15 is 0 Å². The monoisotopic (exact) mass is 242 g/mol. The zero-order valence-electron chi connectivity index (χ0n) is 10.4. The Bertz CT molecular complexity index is 506. The molecule has 18 heavy (non-hydrogen) atoms. The SMILES string of the molecule is CCOCc1cc(C=C(C#N)C#N)ccc1OC. The number of allylic oxidation sites excluding steroid dienone is 1. The highest BCUT2D eigenvalue weighted by Gasteiger charge is 2.04. The number of nitrogens with zero attached hydrogens (tertiary/aromatic N) is 2. The molecule has 1 aromatic carbocycles. The quantitative estimate of drug-likeness (QED) is 0.744. The van der Waals surface area contributed by atoms with E-state index in [0.29, 0.717) is 13.2 Å².